The number of benzene rings is 1. The Bertz CT molecular complexity index is 1020. The van der Waals surface area contributed by atoms with E-state index in [0.717, 1.165) is 40.9 Å². The van der Waals surface area contributed by atoms with Crippen LogP contribution in [0.25, 0.3) is 0 Å². The number of carbonyl (C=O) groups excluding carboxylic acids is 2. The van der Waals surface area contributed by atoms with E-state index in [9.17, 15) is 18.0 Å². The van der Waals surface area contributed by atoms with Gasteiger partial charge >= 0.3 is 5.97 Å². The van der Waals surface area contributed by atoms with Crippen LogP contribution in [0.4, 0.5) is 0 Å². The molecule has 150 valence electrons. The minimum absolute atomic E-state index is 0.0107. The molecule has 0 amide bonds. The number of rotatable bonds is 6. The molecule has 0 spiro atoms. The molecule has 0 atom stereocenters. The summed E-state index contributed by atoms with van der Waals surface area (Å²) >= 11 is 1.01. The van der Waals surface area contributed by atoms with E-state index < -0.39 is 22.6 Å². The molecule has 2 aromatic rings. The molecule has 3 rings (SSSR count). The van der Waals surface area contributed by atoms with E-state index >= 15 is 0 Å². The number of Topliss-reactive ketones (excluding diaryl/α,β-unsaturated/α-hetero) is 1. The Kier molecular flexibility index (Phi) is 6.02. The number of hydrogen-bond donors (Lipinski definition) is 0. The van der Waals surface area contributed by atoms with E-state index in [2.05, 4.69) is 0 Å². The highest BCUT2D eigenvalue weighted by Gasteiger charge is 2.32. The lowest BCUT2D eigenvalue weighted by atomic mass is 9.98. The fraction of sp³-hybridized carbons (Fsp3) is 0.400. The van der Waals surface area contributed by atoms with Crippen LogP contribution in [-0.2, 0) is 14.8 Å². The predicted molar refractivity (Wildman–Crippen MR) is 108 cm³/mol. The van der Waals surface area contributed by atoms with Crippen LogP contribution in [0.15, 0.2) is 28.5 Å². The molecule has 2 heterocycles. The molecule has 0 saturated carbocycles. The van der Waals surface area contributed by atoms with Crippen LogP contribution in [0.3, 0.4) is 0 Å². The van der Waals surface area contributed by atoms with Crippen LogP contribution in [0, 0.1) is 20.8 Å². The maximum atomic E-state index is 12.8. The van der Waals surface area contributed by atoms with Gasteiger partial charge in [-0.1, -0.05) is 6.07 Å². The first-order valence-corrected chi connectivity index (χ1v) is 11.4. The molecular formula is C20H23NO5S2. The topological polar surface area (TPSA) is 80.8 Å². The summed E-state index contributed by atoms with van der Waals surface area (Å²) in [4.78, 5) is 24.9. The number of sulfonamides is 1. The number of carbonyl (C=O) groups is 2. The van der Waals surface area contributed by atoms with Crippen molar-refractivity contribution in [2.24, 2.45) is 0 Å². The van der Waals surface area contributed by atoms with Crippen molar-refractivity contribution in [3.8, 4) is 0 Å². The summed E-state index contributed by atoms with van der Waals surface area (Å²) in [6.45, 7) is 6.20. The molecule has 28 heavy (non-hydrogen) atoms. The molecule has 0 aliphatic carbocycles. The molecule has 0 radical (unpaired) electrons. The summed E-state index contributed by atoms with van der Waals surface area (Å²) in [5.74, 6) is -1.10. The highest BCUT2D eigenvalue weighted by Crippen LogP contribution is 2.28. The molecule has 1 aliphatic rings. The molecule has 1 fully saturated rings. The number of nitrogens with zero attached hydrogens (tertiary/aromatic N) is 1. The van der Waals surface area contributed by atoms with Gasteiger partial charge < -0.3 is 4.74 Å². The molecule has 1 aromatic heterocycles. The number of hydrogen-bond acceptors (Lipinski definition) is 6. The highest BCUT2D eigenvalue weighted by atomic mass is 32.2. The second kappa shape index (κ2) is 8.14. The largest absolute Gasteiger partial charge is 0.453 e. The smallest absolute Gasteiger partial charge is 0.350 e. The van der Waals surface area contributed by atoms with Gasteiger partial charge in [0.05, 0.1) is 0 Å². The van der Waals surface area contributed by atoms with E-state index in [1.54, 1.807) is 11.4 Å². The molecule has 1 aliphatic heterocycles. The van der Waals surface area contributed by atoms with Gasteiger partial charge in [0.2, 0.25) is 15.8 Å². The van der Waals surface area contributed by atoms with Gasteiger partial charge in [0, 0.05) is 18.7 Å². The third-order valence-electron chi connectivity index (χ3n) is 4.97. The Morgan fingerprint density at radius 2 is 1.71 bits per heavy atom. The number of aryl methyl sites for hydroxylation is 3. The molecule has 1 aromatic carbocycles. The van der Waals surface area contributed by atoms with Crippen LogP contribution in [0.1, 0.15) is 49.6 Å². The summed E-state index contributed by atoms with van der Waals surface area (Å²) in [6, 6.07) is 5.13. The van der Waals surface area contributed by atoms with E-state index in [4.69, 9.17) is 4.74 Å². The Balaban J connectivity index is 1.74. The number of ketones is 1. The monoisotopic (exact) mass is 421 g/mol. The van der Waals surface area contributed by atoms with E-state index in [1.165, 1.54) is 10.4 Å². The quantitative estimate of drug-likeness (QED) is 0.527. The average molecular weight is 422 g/mol. The standard InChI is InChI=1S/C20H23NO5S2/c1-13-10-15(3)16(11-14(13)2)17(22)12-26-20(23)19-18(6-9-27-19)28(24,25)21-7-4-5-8-21/h6,9-11H,4-5,7-8,12H2,1-3H3. The van der Waals surface area contributed by atoms with Crippen LogP contribution < -0.4 is 0 Å². The zero-order valence-electron chi connectivity index (χ0n) is 16.1. The van der Waals surface area contributed by atoms with Crippen molar-refractivity contribution in [1.29, 1.82) is 0 Å². The molecule has 1 saturated heterocycles. The molecule has 6 nitrogen and oxygen atoms in total. The summed E-state index contributed by atoms with van der Waals surface area (Å²) in [6.07, 6.45) is 1.62. The maximum absolute atomic E-state index is 12.8. The zero-order valence-corrected chi connectivity index (χ0v) is 17.8. The number of ether oxygens (including phenoxy) is 1. The highest BCUT2D eigenvalue weighted by molar-refractivity contribution is 7.89. The summed E-state index contributed by atoms with van der Waals surface area (Å²) in [5.41, 5.74) is 3.39. The van der Waals surface area contributed by atoms with Crippen LogP contribution in [0.2, 0.25) is 0 Å². The van der Waals surface area contributed by atoms with Gasteiger partial charge in [-0.15, -0.1) is 11.3 Å². The molecule has 0 N–H and O–H groups in total. The average Bonchev–Trinajstić information content (AvgIpc) is 3.34. The third kappa shape index (κ3) is 4.04. The fourth-order valence-corrected chi connectivity index (χ4v) is 6.05. The second-order valence-electron chi connectivity index (χ2n) is 6.98. The van der Waals surface area contributed by atoms with Crippen molar-refractivity contribution in [2.45, 2.75) is 38.5 Å². The second-order valence-corrected chi connectivity index (χ2v) is 9.80. The van der Waals surface area contributed by atoms with Crippen molar-refractivity contribution >= 4 is 33.1 Å². The molecule has 0 unspecified atom stereocenters. The van der Waals surface area contributed by atoms with E-state index in [1.807, 2.05) is 26.8 Å². The Labute approximate surface area is 169 Å². The van der Waals surface area contributed by atoms with Crippen molar-refractivity contribution in [3.63, 3.8) is 0 Å². The minimum atomic E-state index is -3.72. The van der Waals surface area contributed by atoms with Crippen LogP contribution in [0.5, 0.6) is 0 Å². The first-order chi connectivity index (χ1) is 13.2. The van der Waals surface area contributed by atoms with Crippen molar-refractivity contribution in [3.05, 3.63) is 50.7 Å². The molecular weight excluding hydrogens is 398 g/mol. The van der Waals surface area contributed by atoms with Crippen LogP contribution >= 0.6 is 11.3 Å². The Hall–Kier alpha value is -2.03. The van der Waals surface area contributed by atoms with E-state index in [0.29, 0.717) is 18.7 Å². The first kappa shape index (κ1) is 20.7. The Morgan fingerprint density at radius 3 is 2.39 bits per heavy atom. The fourth-order valence-electron chi connectivity index (χ4n) is 3.25. The van der Waals surface area contributed by atoms with Gasteiger partial charge in [0.15, 0.2) is 6.61 Å². The van der Waals surface area contributed by atoms with Crippen molar-refractivity contribution in [1.82, 2.24) is 4.31 Å². The van der Waals surface area contributed by atoms with Crippen LogP contribution in [-0.4, -0.2) is 44.2 Å². The zero-order chi connectivity index (χ0) is 20.5. The normalized spacial score (nSPS) is 15.0. The van der Waals surface area contributed by atoms with Crippen molar-refractivity contribution in [2.75, 3.05) is 19.7 Å². The summed E-state index contributed by atoms with van der Waals surface area (Å²) in [7, 11) is -3.72. The van der Waals surface area contributed by atoms with Crippen molar-refractivity contribution < 1.29 is 22.7 Å². The summed E-state index contributed by atoms with van der Waals surface area (Å²) in [5, 5.41) is 1.55. The SMILES string of the molecule is Cc1cc(C)c(C(=O)COC(=O)c2sccc2S(=O)(=O)N2CCCC2)cc1C. The lowest BCUT2D eigenvalue weighted by molar-refractivity contribution is 0.0476. The van der Waals surface area contributed by atoms with Gasteiger partial charge in [0.25, 0.3) is 0 Å². The van der Waals surface area contributed by atoms with Gasteiger partial charge in [0.1, 0.15) is 9.77 Å². The predicted octanol–water partition coefficient (Wildman–Crippen LogP) is 3.50. The van der Waals surface area contributed by atoms with Gasteiger partial charge in [-0.25, -0.2) is 13.2 Å². The van der Waals surface area contributed by atoms with E-state index in [-0.39, 0.29) is 15.6 Å². The molecule has 8 heteroatoms. The third-order valence-corrected chi connectivity index (χ3v) is 7.94. The van der Waals surface area contributed by atoms with Gasteiger partial charge in [-0.2, -0.15) is 4.31 Å². The lowest BCUT2D eigenvalue weighted by Crippen LogP contribution is -2.29. The minimum Gasteiger partial charge on any atom is -0.453 e. The summed E-state index contributed by atoms with van der Waals surface area (Å²) < 4.78 is 32.1. The number of thiophene rings is 1. The number of esters is 1. The maximum Gasteiger partial charge on any atom is 0.350 e. The Morgan fingerprint density at radius 1 is 1.07 bits per heavy atom. The van der Waals surface area contributed by atoms with Gasteiger partial charge in [-0.05, 0) is 67.8 Å². The van der Waals surface area contributed by atoms with Gasteiger partial charge in [-0.3, -0.25) is 4.79 Å². The molecule has 0 bridgehead atoms. The lowest BCUT2D eigenvalue weighted by Gasteiger charge is -2.15. The first-order valence-electron chi connectivity index (χ1n) is 9.07.